The van der Waals surface area contributed by atoms with Gasteiger partial charge in [0.1, 0.15) is 5.82 Å². The molecule has 4 rings (SSSR count). The van der Waals surface area contributed by atoms with Crippen LogP contribution in [0.2, 0.25) is 0 Å². The fourth-order valence-corrected chi connectivity index (χ4v) is 3.33. The van der Waals surface area contributed by atoms with Gasteiger partial charge in [0, 0.05) is 19.5 Å². The molecular formula is C16H18N4O3S. The second-order valence-electron chi connectivity index (χ2n) is 5.93. The maximum atomic E-state index is 12.0. The number of carbonyl (C=O) groups is 1. The summed E-state index contributed by atoms with van der Waals surface area (Å²) in [6.45, 7) is 0.713. The van der Waals surface area contributed by atoms with Crippen LogP contribution in [0.15, 0.2) is 23.4 Å². The minimum Gasteiger partial charge on any atom is -0.454 e. The van der Waals surface area contributed by atoms with Crippen LogP contribution in [0.4, 0.5) is 0 Å². The molecule has 1 aliphatic carbocycles. The molecule has 1 aromatic heterocycles. The molecule has 24 heavy (non-hydrogen) atoms. The second-order valence-corrected chi connectivity index (χ2v) is 6.87. The minimum absolute atomic E-state index is 0.0337. The van der Waals surface area contributed by atoms with Gasteiger partial charge in [-0.2, -0.15) is 0 Å². The van der Waals surface area contributed by atoms with Gasteiger partial charge in [-0.15, -0.1) is 10.2 Å². The predicted octanol–water partition coefficient (Wildman–Crippen LogP) is 1.83. The molecule has 2 heterocycles. The van der Waals surface area contributed by atoms with E-state index in [0.29, 0.717) is 18.2 Å². The number of hydrogen-bond acceptors (Lipinski definition) is 6. The SMILES string of the molecule is Cn1c(SCC(=O)NCc2ccc3c(c2)OCO3)nnc1C1CC1. The second kappa shape index (κ2) is 6.35. The third-order valence-electron chi connectivity index (χ3n) is 4.07. The van der Waals surface area contributed by atoms with Crippen LogP contribution in [0.5, 0.6) is 11.5 Å². The summed E-state index contributed by atoms with van der Waals surface area (Å²) in [7, 11) is 1.96. The number of benzene rings is 1. The standard InChI is InChI=1S/C16H18N4O3S/c1-20-15(11-3-4-11)18-19-16(20)24-8-14(21)17-7-10-2-5-12-13(6-10)23-9-22-12/h2,5-6,11H,3-4,7-9H2,1H3,(H,17,21). The zero-order valence-corrected chi connectivity index (χ0v) is 14.1. The molecule has 1 aromatic carbocycles. The normalized spacial score (nSPS) is 15.5. The molecular weight excluding hydrogens is 328 g/mol. The van der Waals surface area contributed by atoms with Gasteiger partial charge in [-0.25, -0.2) is 0 Å². The van der Waals surface area contributed by atoms with Crippen molar-refractivity contribution in [2.75, 3.05) is 12.5 Å². The minimum atomic E-state index is -0.0337. The van der Waals surface area contributed by atoms with Crippen molar-refractivity contribution in [2.45, 2.75) is 30.5 Å². The predicted molar refractivity (Wildman–Crippen MR) is 88.1 cm³/mol. The van der Waals surface area contributed by atoms with E-state index < -0.39 is 0 Å². The molecule has 1 fully saturated rings. The zero-order valence-electron chi connectivity index (χ0n) is 13.3. The van der Waals surface area contributed by atoms with Gasteiger partial charge in [-0.05, 0) is 30.5 Å². The molecule has 0 spiro atoms. The van der Waals surface area contributed by atoms with Crippen molar-refractivity contribution in [3.8, 4) is 11.5 Å². The lowest BCUT2D eigenvalue weighted by molar-refractivity contribution is -0.118. The molecule has 1 aliphatic heterocycles. The largest absolute Gasteiger partial charge is 0.454 e. The van der Waals surface area contributed by atoms with Gasteiger partial charge in [0.2, 0.25) is 12.7 Å². The zero-order chi connectivity index (χ0) is 16.5. The van der Waals surface area contributed by atoms with Crippen LogP contribution >= 0.6 is 11.8 Å². The molecule has 1 saturated carbocycles. The molecule has 0 saturated heterocycles. The Balaban J connectivity index is 1.28. The Bertz CT molecular complexity index is 773. The molecule has 0 radical (unpaired) electrons. The van der Waals surface area contributed by atoms with Gasteiger partial charge in [0.15, 0.2) is 16.7 Å². The van der Waals surface area contributed by atoms with Gasteiger partial charge >= 0.3 is 0 Å². The molecule has 1 amide bonds. The number of ether oxygens (including phenoxy) is 2. The number of aromatic nitrogens is 3. The van der Waals surface area contributed by atoms with E-state index in [2.05, 4.69) is 15.5 Å². The number of nitrogens with one attached hydrogen (secondary N) is 1. The summed E-state index contributed by atoms with van der Waals surface area (Å²) in [5.41, 5.74) is 0.979. The molecule has 2 aromatic rings. The van der Waals surface area contributed by atoms with Crippen molar-refractivity contribution in [2.24, 2.45) is 7.05 Å². The molecule has 2 aliphatic rings. The Morgan fingerprint density at radius 3 is 3.00 bits per heavy atom. The summed E-state index contributed by atoms with van der Waals surface area (Å²) in [4.78, 5) is 12.0. The molecule has 0 unspecified atom stereocenters. The maximum absolute atomic E-state index is 12.0. The van der Waals surface area contributed by atoms with Crippen LogP contribution < -0.4 is 14.8 Å². The summed E-state index contributed by atoms with van der Waals surface area (Å²) >= 11 is 1.41. The van der Waals surface area contributed by atoms with Gasteiger partial charge in [0.05, 0.1) is 5.75 Å². The lowest BCUT2D eigenvalue weighted by Gasteiger charge is -2.06. The van der Waals surface area contributed by atoms with E-state index in [-0.39, 0.29) is 12.7 Å². The molecule has 7 nitrogen and oxygen atoms in total. The monoisotopic (exact) mass is 346 g/mol. The van der Waals surface area contributed by atoms with Crippen molar-refractivity contribution in [3.63, 3.8) is 0 Å². The number of hydrogen-bond donors (Lipinski definition) is 1. The van der Waals surface area contributed by atoms with Gasteiger partial charge in [-0.3, -0.25) is 4.79 Å². The van der Waals surface area contributed by atoms with Crippen LogP contribution in [-0.2, 0) is 18.4 Å². The number of fused-ring (bicyclic) bond motifs is 1. The third-order valence-corrected chi connectivity index (χ3v) is 5.09. The highest BCUT2D eigenvalue weighted by molar-refractivity contribution is 7.99. The Labute approximate surface area is 143 Å². The fourth-order valence-electron chi connectivity index (χ4n) is 2.58. The molecule has 0 bridgehead atoms. The van der Waals surface area contributed by atoms with E-state index in [0.717, 1.165) is 28.0 Å². The van der Waals surface area contributed by atoms with Crippen LogP contribution in [0, 0.1) is 0 Å². The van der Waals surface area contributed by atoms with Crippen molar-refractivity contribution in [1.82, 2.24) is 20.1 Å². The number of amides is 1. The first-order valence-electron chi connectivity index (χ1n) is 7.88. The number of carbonyl (C=O) groups excluding carboxylic acids is 1. The van der Waals surface area contributed by atoms with Crippen molar-refractivity contribution < 1.29 is 14.3 Å². The summed E-state index contributed by atoms with van der Waals surface area (Å²) in [6.07, 6.45) is 2.37. The first kappa shape index (κ1) is 15.3. The van der Waals surface area contributed by atoms with Crippen molar-refractivity contribution in [3.05, 3.63) is 29.6 Å². The van der Waals surface area contributed by atoms with Crippen molar-refractivity contribution >= 4 is 17.7 Å². The van der Waals surface area contributed by atoms with E-state index in [4.69, 9.17) is 9.47 Å². The highest BCUT2D eigenvalue weighted by Crippen LogP contribution is 2.39. The molecule has 0 atom stereocenters. The summed E-state index contributed by atoms with van der Waals surface area (Å²) in [5, 5.41) is 12.1. The number of thioether (sulfide) groups is 1. The number of rotatable bonds is 6. The average molecular weight is 346 g/mol. The van der Waals surface area contributed by atoms with E-state index >= 15 is 0 Å². The smallest absolute Gasteiger partial charge is 0.231 e. The Kier molecular flexibility index (Phi) is 4.05. The fraction of sp³-hybridized carbons (Fsp3) is 0.438. The third kappa shape index (κ3) is 3.19. The van der Waals surface area contributed by atoms with Crippen LogP contribution in [0.1, 0.15) is 30.1 Å². The highest BCUT2D eigenvalue weighted by Gasteiger charge is 2.29. The average Bonchev–Trinajstić information content (AvgIpc) is 3.20. The molecule has 126 valence electrons. The Morgan fingerprint density at radius 1 is 1.33 bits per heavy atom. The van der Waals surface area contributed by atoms with E-state index in [1.807, 2.05) is 29.8 Å². The molecule has 1 N–H and O–H groups in total. The summed E-state index contributed by atoms with van der Waals surface area (Å²) in [6, 6.07) is 5.67. The summed E-state index contributed by atoms with van der Waals surface area (Å²) < 4.78 is 12.6. The van der Waals surface area contributed by atoms with Crippen LogP contribution in [0.25, 0.3) is 0 Å². The lowest BCUT2D eigenvalue weighted by Crippen LogP contribution is -2.24. The van der Waals surface area contributed by atoms with E-state index in [9.17, 15) is 4.79 Å². The number of nitrogens with zero attached hydrogens (tertiary/aromatic N) is 3. The van der Waals surface area contributed by atoms with Crippen molar-refractivity contribution in [1.29, 1.82) is 0 Å². The maximum Gasteiger partial charge on any atom is 0.231 e. The lowest BCUT2D eigenvalue weighted by atomic mass is 10.2. The van der Waals surface area contributed by atoms with Crippen LogP contribution in [-0.4, -0.2) is 33.2 Å². The molecule has 8 heteroatoms. The summed E-state index contributed by atoms with van der Waals surface area (Å²) in [5.74, 6) is 3.34. The van der Waals surface area contributed by atoms with Gasteiger partial charge < -0.3 is 19.4 Å². The first-order valence-corrected chi connectivity index (χ1v) is 8.86. The van der Waals surface area contributed by atoms with E-state index in [1.54, 1.807) is 0 Å². The van der Waals surface area contributed by atoms with Gasteiger partial charge in [0.25, 0.3) is 0 Å². The van der Waals surface area contributed by atoms with Gasteiger partial charge in [-0.1, -0.05) is 17.8 Å². The van der Waals surface area contributed by atoms with E-state index in [1.165, 1.54) is 24.6 Å². The Hall–Kier alpha value is -2.22. The topological polar surface area (TPSA) is 78.3 Å². The quantitative estimate of drug-likeness (QED) is 0.804. The Morgan fingerprint density at radius 2 is 2.17 bits per heavy atom. The first-order chi connectivity index (χ1) is 11.7. The van der Waals surface area contributed by atoms with Crippen LogP contribution in [0.3, 0.4) is 0 Å². The highest BCUT2D eigenvalue weighted by atomic mass is 32.2.